The monoisotopic (exact) mass is 521 g/mol. The highest BCUT2D eigenvalue weighted by molar-refractivity contribution is 6.05. The fourth-order valence-corrected chi connectivity index (χ4v) is 4.39. The number of fused-ring (bicyclic) bond motifs is 1. The highest BCUT2D eigenvalue weighted by Gasteiger charge is 2.41. The number of benzene rings is 1. The van der Waals surface area contributed by atoms with E-state index in [1.54, 1.807) is 24.3 Å². The Morgan fingerprint density at radius 2 is 1.92 bits per heavy atom. The Morgan fingerprint density at radius 1 is 1.16 bits per heavy atom. The van der Waals surface area contributed by atoms with Crippen molar-refractivity contribution < 1.29 is 22.7 Å². The summed E-state index contributed by atoms with van der Waals surface area (Å²) in [4.78, 5) is 23.3. The number of rotatable bonds is 5. The predicted octanol–water partition coefficient (Wildman–Crippen LogP) is 4.43. The smallest absolute Gasteiger partial charge is 0.434 e. The average Bonchev–Trinajstić information content (AvgIpc) is 3.36. The van der Waals surface area contributed by atoms with Gasteiger partial charge in [0.25, 0.3) is 5.91 Å². The number of carbonyl (C=O) groups is 1. The van der Waals surface area contributed by atoms with Crippen LogP contribution in [0, 0.1) is 11.3 Å². The van der Waals surface area contributed by atoms with Gasteiger partial charge in [-0.25, -0.2) is 9.67 Å². The van der Waals surface area contributed by atoms with Gasteiger partial charge in [-0.2, -0.15) is 23.5 Å². The molecule has 0 aliphatic carbocycles. The van der Waals surface area contributed by atoms with E-state index in [1.165, 1.54) is 24.7 Å². The van der Waals surface area contributed by atoms with Crippen molar-refractivity contribution in [2.75, 3.05) is 25.5 Å². The molecule has 1 aliphatic rings. The third kappa shape index (κ3) is 5.01. The number of anilines is 1. The number of piperidine rings is 1. The van der Waals surface area contributed by atoms with E-state index in [1.807, 2.05) is 13.1 Å². The van der Waals surface area contributed by atoms with Gasteiger partial charge < -0.3 is 15.0 Å². The fraction of sp³-hybridized carbons (Fsp3) is 0.269. The largest absolute Gasteiger partial charge is 0.473 e. The normalized spacial score (nSPS) is 14.8. The lowest BCUT2D eigenvalue weighted by Crippen LogP contribution is -2.35. The molecule has 0 radical (unpaired) electrons. The third-order valence-corrected chi connectivity index (χ3v) is 6.33. The first-order valence-electron chi connectivity index (χ1n) is 11.8. The molecule has 1 aliphatic heterocycles. The molecule has 9 nitrogen and oxygen atoms in total. The molecule has 1 fully saturated rings. The van der Waals surface area contributed by atoms with Crippen molar-refractivity contribution in [3.8, 4) is 17.6 Å². The van der Waals surface area contributed by atoms with Gasteiger partial charge in [-0.15, -0.1) is 0 Å². The molecule has 0 saturated carbocycles. The van der Waals surface area contributed by atoms with E-state index in [4.69, 9.17) is 4.74 Å². The average molecular weight is 522 g/mol. The highest BCUT2D eigenvalue weighted by atomic mass is 19.4. The van der Waals surface area contributed by atoms with Gasteiger partial charge in [0.15, 0.2) is 5.69 Å². The van der Waals surface area contributed by atoms with Crippen LogP contribution in [0.1, 0.15) is 34.5 Å². The second-order valence-electron chi connectivity index (χ2n) is 8.96. The summed E-state index contributed by atoms with van der Waals surface area (Å²) in [6.07, 6.45) is 1.44. The summed E-state index contributed by atoms with van der Waals surface area (Å²) >= 11 is 0. The molecule has 38 heavy (non-hydrogen) atoms. The van der Waals surface area contributed by atoms with Crippen LogP contribution in [-0.4, -0.2) is 56.8 Å². The van der Waals surface area contributed by atoms with Gasteiger partial charge >= 0.3 is 6.18 Å². The number of pyridine rings is 2. The molecule has 1 saturated heterocycles. The molecule has 0 unspecified atom stereocenters. The Morgan fingerprint density at radius 3 is 2.66 bits per heavy atom. The van der Waals surface area contributed by atoms with Gasteiger partial charge in [0.2, 0.25) is 5.88 Å². The second kappa shape index (κ2) is 10.1. The number of nitrogens with zero attached hydrogens (tertiary/aromatic N) is 6. The zero-order valence-corrected chi connectivity index (χ0v) is 20.2. The summed E-state index contributed by atoms with van der Waals surface area (Å²) in [5.74, 6) is -0.932. The minimum atomic E-state index is -4.90. The molecular formula is C26H22F3N7O2. The minimum absolute atomic E-state index is 0.0509. The van der Waals surface area contributed by atoms with E-state index in [-0.39, 0.29) is 28.9 Å². The van der Waals surface area contributed by atoms with Gasteiger partial charge in [0.1, 0.15) is 17.7 Å². The lowest BCUT2D eigenvalue weighted by molar-refractivity contribution is -0.143. The van der Waals surface area contributed by atoms with Crippen LogP contribution in [0.25, 0.3) is 16.5 Å². The van der Waals surface area contributed by atoms with Gasteiger partial charge in [0, 0.05) is 30.1 Å². The molecule has 4 aromatic rings. The lowest BCUT2D eigenvalue weighted by Gasteiger charge is -2.29. The number of nitrogens with one attached hydrogen (secondary N) is 1. The number of amides is 1. The van der Waals surface area contributed by atoms with Crippen molar-refractivity contribution in [1.29, 1.82) is 5.26 Å². The van der Waals surface area contributed by atoms with E-state index in [0.717, 1.165) is 32.1 Å². The highest BCUT2D eigenvalue weighted by Crippen LogP contribution is 2.35. The zero-order valence-electron chi connectivity index (χ0n) is 20.2. The number of ether oxygens (including phenoxy) is 1. The van der Waals surface area contributed by atoms with Crippen LogP contribution >= 0.6 is 0 Å². The molecule has 194 valence electrons. The number of nitriles is 1. The van der Waals surface area contributed by atoms with E-state index < -0.39 is 23.3 Å². The van der Waals surface area contributed by atoms with E-state index in [0.29, 0.717) is 15.5 Å². The molecule has 5 rings (SSSR count). The number of alkyl halides is 3. The fourth-order valence-electron chi connectivity index (χ4n) is 4.39. The summed E-state index contributed by atoms with van der Waals surface area (Å²) in [5, 5.41) is 17.0. The minimum Gasteiger partial charge on any atom is -0.473 e. The first-order chi connectivity index (χ1) is 18.2. The number of carbonyl (C=O) groups excluding carboxylic acids is 1. The summed E-state index contributed by atoms with van der Waals surface area (Å²) < 4.78 is 49.2. The Hall–Kier alpha value is -4.50. The van der Waals surface area contributed by atoms with E-state index >= 15 is 0 Å². The molecular weight excluding hydrogens is 499 g/mol. The van der Waals surface area contributed by atoms with Gasteiger partial charge in [-0.3, -0.25) is 9.78 Å². The number of halogens is 3. The molecule has 0 bridgehead atoms. The van der Waals surface area contributed by atoms with Crippen molar-refractivity contribution >= 4 is 22.4 Å². The SMILES string of the molecule is CN1CCC(Oc2ncc(NC(=O)c3cnn(-c4cncc5ccccc45)c3C(F)(F)F)cc2C#N)CC1. The van der Waals surface area contributed by atoms with Crippen molar-refractivity contribution in [1.82, 2.24) is 24.6 Å². The van der Waals surface area contributed by atoms with E-state index in [9.17, 15) is 23.2 Å². The molecule has 12 heteroatoms. The van der Waals surface area contributed by atoms with Crippen molar-refractivity contribution in [3.05, 3.63) is 71.9 Å². The Labute approximate surface area is 215 Å². The van der Waals surface area contributed by atoms with E-state index in [2.05, 4.69) is 25.3 Å². The first-order valence-corrected chi connectivity index (χ1v) is 11.8. The predicted molar refractivity (Wildman–Crippen MR) is 132 cm³/mol. The first kappa shape index (κ1) is 25.2. The van der Waals surface area contributed by atoms with Crippen LogP contribution in [0.5, 0.6) is 5.88 Å². The van der Waals surface area contributed by atoms with Crippen LogP contribution in [0.3, 0.4) is 0 Å². The lowest BCUT2D eigenvalue weighted by atomic mass is 10.1. The second-order valence-corrected chi connectivity index (χ2v) is 8.96. The maximum atomic E-state index is 14.2. The summed E-state index contributed by atoms with van der Waals surface area (Å²) in [6.45, 7) is 1.70. The van der Waals surface area contributed by atoms with Crippen LogP contribution in [-0.2, 0) is 6.18 Å². The standard InChI is InChI=1S/C26H22F3N7O2/c1-35-8-6-19(7-9-35)38-25-17(11-30)10-18(13-32-25)34-24(37)21-14-33-36(23(21)26(27,28)29)22-15-31-12-16-4-2-3-5-20(16)22/h2-5,10,12-15,19H,6-9H2,1H3,(H,34,37). The summed E-state index contributed by atoms with van der Waals surface area (Å²) in [5.41, 5.74) is -1.73. The number of hydrogen-bond donors (Lipinski definition) is 1. The van der Waals surface area contributed by atoms with Crippen LogP contribution in [0.4, 0.5) is 18.9 Å². The van der Waals surface area contributed by atoms with Gasteiger partial charge in [-0.05, 0) is 26.0 Å². The zero-order chi connectivity index (χ0) is 26.9. The van der Waals surface area contributed by atoms with Gasteiger partial charge in [0.05, 0.1) is 35.5 Å². The molecule has 1 amide bonds. The number of likely N-dealkylation sites (tertiary alicyclic amines) is 1. The molecule has 1 N–H and O–H groups in total. The van der Waals surface area contributed by atoms with Crippen LogP contribution in [0.15, 0.2) is 55.1 Å². The molecule has 0 atom stereocenters. The Bertz CT molecular complexity index is 1530. The molecule has 0 spiro atoms. The topological polar surface area (TPSA) is 109 Å². The maximum absolute atomic E-state index is 14.2. The number of hydrogen-bond acceptors (Lipinski definition) is 7. The number of aromatic nitrogens is 4. The van der Waals surface area contributed by atoms with Crippen molar-refractivity contribution in [2.24, 2.45) is 0 Å². The Balaban J connectivity index is 1.43. The van der Waals surface area contributed by atoms with Crippen LogP contribution < -0.4 is 10.1 Å². The van der Waals surface area contributed by atoms with Crippen molar-refractivity contribution in [3.63, 3.8) is 0 Å². The van der Waals surface area contributed by atoms with Gasteiger partial charge in [-0.1, -0.05) is 24.3 Å². The maximum Gasteiger partial charge on any atom is 0.434 e. The van der Waals surface area contributed by atoms with Crippen molar-refractivity contribution in [2.45, 2.75) is 25.1 Å². The Kier molecular flexibility index (Phi) is 6.69. The van der Waals surface area contributed by atoms with Crippen LogP contribution in [0.2, 0.25) is 0 Å². The third-order valence-electron chi connectivity index (χ3n) is 6.33. The summed E-state index contributed by atoms with van der Waals surface area (Å²) in [6, 6.07) is 10.1. The summed E-state index contributed by atoms with van der Waals surface area (Å²) in [7, 11) is 2.01. The molecule has 3 aromatic heterocycles. The molecule has 4 heterocycles. The molecule has 1 aromatic carbocycles. The quantitative estimate of drug-likeness (QED) is 0.414.